The lowest BCUT2D eigenvalue weighted by Crippen LogP contribution is -2.04. The molecule has 0 aliphatic heterocycles. The molecule has 124 valence electrons. The Balaban J connectivity index is 2.07. The van der Waals surface area contributed by atoms with Crippen LogP contribution in [0.3, 0.4) is 0 Å². The number of benzene rings is 2. The first-order chi connectivity index (χ1) is 11.6. The summed E-state index contributed by atoms with van der Waals surface area (Å²) in [5.41, 5.74) is 2.08. The summed E-state index contributed by atoms with van der Waals surface area (Å²) in [5.74, 6) is -0.520. The molecule has 1 heterocycles. The maximum absolute atomic E-state index is 13.5. The topological polar surface area (TPSA) is 22.0 Å². The number of carbonyl (C=O) groups excluding carboxylic acids is 1. The minimum Gasteiger partial charge on any atom is -0.344 e. The van der Waals surface area contributed by atoms with Crippen LogP contribution in [-0.2, 0) is 0 Å². The molecule has 0 bridgehead atoms. The van der Waals surface area contributed by atoms with E-state index in [1.807, 2.05) is 30.5 Å². The molecular weight excluding hydrogens is 301 g/mol. The van der Waals surface area contributed by atoms with Gasteiger partial charge in [0.1, 0.15) is 5.82 Å². The summed E-state index contributed by atoms with van der Waals surface area (Å²) in [6.07, 6.45) is 5.31. The number of nitrogens with zero attached hydrogens (tertiary/aromatic N) is 1. The molecule has 1 atom stereocenters. The van der Waals surface area contributed by atoms with Crippen LogP contribution in [0.4, 0.5) is 4.39 Å². The molecule has 0 amide bonds. The second kappa shape index (κ2) is 7.00. The number of carbonyl (C=O) groups is 1. The van der Waals surface area contributed by atoms with Crippen LogP contribution in [0.2, 0.25) is 0 Å². The van der Waals surface area contributed by atoms with E-state index in [0.29, 0.717) is 17.2 Å². The molecule has 0 fully saturated rings. The number of ketones is 1. The summed E-state index contributed by atoms with van der Waals surface area (Å²) in [4.78, 5) is 12.9. The third kappa shape index (κ3) is 3.12. The monoisotopic (exact) mass is 323 g/mol. The highest BCUT2D eigenvalue weighted by atomic mass is 19.1. The van der Waals surface area contributed by atoms with Crippen LogP contribution in [0.15, 0.2) is 54.7 Å². The lowest BCUT2D eigenvalue weighted by Gasteiger charge is -2.14. The fraction of sp³-hybridized carbons (Fsp3) is 0.286. The maximum Gasteiger partial charge on any atom is 0.195 e. The van der Waals surface area contributed by atoms with Gasteiger partial charge in [0.15, 0.2) is 5.78 Å². The Labute approximate surface area is 141 Å². The number of unbranched alkanes of at least 4 members (excludes halogenated alkanes) is 1. The molecule has 1 aromatic heterocycles. The van der Waals surface area contributed by atoms with Gasteiger partial charge < -0.3 is 4.57 Å². The summed E-state index contributed by atoms with van der Waals surface area (Å²) < 4.78 is 15.7. The number of hydrogen-bond donors (Lipinski definition) is 0. The Kier molecular flexibility index (Phi) is 4.79. The van der Waals surface area contributed by atoms with E-state index in [2.05, 4.69) is 18.4 Å². The van der Waals surface area contributed by atoms with E-state index < -0.39 is 0 Å². The Hall–Kier alpha value is -2.42. The molecule has 2 aromatic carbocycles. The molecule has 3 rings (SSSR count). The summed E-state index contributed by atoms with van der Waals surface area (Å²) >= 11 is 0. The minimum absolute atomic E-state index is 0.132. The highest BCUT2D eigenvalue weighted by molar-refractivity contribution is 6.16. The van der Waals surface area contributed by atoms with Crippen LogP contribution in [0.5, 0.6) is 0 Å². The van der Waals surface area contributed by atoms with Crippen LogP contribution < -0.4 is 0 Å². The highest BCUT2D eigenvalue weighted by Crippen LogP contribution is 2.28. The molecule has 1 unspecified atom stereocenters. The van der Waals surface area contributed by atoms with Gasteiger partial charge in [0.25, 0.3) is 0 Å². The lowest BCUT2D eigenvalue weighted by molar-refractivity contribution is 0.103. The molecule has 3 heteroatoms. The fourth-order valence-electron chi connectivity index (χ4n) is 3.17. The van der Waals surface area contributed by atoms with Gasteiger partial charge in [-0.15, -0.1) is 0 Å². The van der Waals surface area contributed by atoms with Crippen molar-refractivity contribution in [2.75, 3.05) is 0 Å². The molecule has 0 aliphatic rings. The van der Waals surface area contributed by atoms with E-state index in [9.17, 15) is 9.18 Å². The highest BCUT2D eigenvalue weighted by Gasteiger charge is 2.18. The van der Waals surface area contributed by atoms with Gasteiger partial charge in [-0.3, -0.25) is 4.79 Å². The van der Waals surface area contributed by atoms with E-state index >= 15 is 0 Å². The standard InChI is InChI=1S/C21H22FNO/c1-3-4-8-15(2)23-14-19(18-11-5-6-12-20(18)23)21(24)16-9-7-10-17(22)13-16/h5-7,9-15H,3-4,8H2,1-2H3. The lowest BCUT2D eigenvalue weighted by atomic mass is 10.0. The average molecular weight is 323 g/mol. The molecule has 0 radical (unpaired) electrons. The first kappa shape index (κ1) is 16.4. The van der Waals surface area contributed by atoms with Crippen LogP contribution in [0, 0.1) is 5.82 Å². The number of halogens is 1. The summed E-state index contributed by atoms with van der Waals surface area (Å²) in [5, 5.41) is 0.926. The molecule has 0 aliphatic carbocycles. The predicted molar refractivity (Wildman–Crippen MR) is 96.0 cm³/mol. The molecule has 3 aromatic rings. The quantitative estimate of drug-likeness (QED) is 0.528. The zero-order chi connectivity index (χ0) is 17.1. The summed E-state index contributed by atoms with van der Waals surface area (Å²) in [7, 11) is 0. The van der Waals surface area contributed by atoms with Gasteiger partial charge in [-0.1, -0.05) is 50.1 Å². The van der Waals surface area contributed by atoms with Gasteiger partial charge in [0, 0.05) is 34.3 Å². The molecule has 24 heavy (non-hydrogen) atoms. The van der Waals surface area contributed by atoms with Crippen LogP contribution in [0.25, 0.3) is 10.9 Å². The first-order valence-corrected chi connectivity index (χ1v) is 8.51. The van der Waals surface area contributed by atoms with Gasteiger partial charge in [-0.05, 0) is 31.5 Å². The number of para-hydroxylation sites is 1. The third-order valence-electron chi connectivity index (χ3n) is 4.52. The van der Waals surface area contributed by atoms with Crippen LogP contribution in [-0.4, -0.2) is 10.4 Å². The zero-order valence-corrected chi connectivity index (χ0v) is 14.1. The Bertz CT molecular complexity index is 865. The number of fused-ring (bicyclic) bond motifs is 1. The smallest absolute Gasteiger partial charge is 0.195 e. The first-order valence-electron chi connectivity index (χ1n) is 8.51. The number of rotatable bonds is 6. The van der Waals surface area contributed by atoms with Crippen molar-refractivity contribution in [3.63, 3.8) is 0 Å². The molecule has 0 N–H and O–H groups in total. The van der Waals surface area contributed by atoms with E-state index in [1.165, 1.54) is 12.1 Å². The van der Waals surface area contributed by atoms with Crippen molar-refractivity contribution in [2.45, 2.75) is 39.2 Å². The van der Waals surface area contributed by atoms with Crippen LogP contribution in [0.1, 0.15) is 55.1 Å². The minimum atomic E-state index is -0.388. The SMILES string of the molecule is CCCCC(C)n1cc(C(=O)c2cccc(F)c2)c2ccccc21. The van der Waals surface area contributed by atoms with Crippen molar-refractivity contribution in [3.05, 3.63) is 71.7 Å². The van der Waals surface area contributed by atoms with Gasteiger partial charge >= 0.3 is 0 Å². The third-order valence-corrected chi connectivity index (χ3v) is 4.52. The summed E-state index contributed by atoms with van der Waals surface area (Å²) in [6.45, 7) is 4.36. The van der Waals surface area contributed by atoms with Gasteiger partial charge in [0.05, 0.1) is 0 Å². The second-order valence-corrected chi connectivity index (χ2v) is 6.30. The average Bonchev–Trinajstić information content (AvgIpc) is 2.99. The van der Waals surface area contributed by atoms with Gasteiger partial charge in [0.2, 0.25) is 0 Å². The fourth-order valence-corrected chi connectivity index (χ4v) is 3.17. The predicted octanol–water partition coefficient (Wildman–Crippen LogP) is 5.76. The molecule has 0 saturated carbocycles. The van der Waals surface area contributed by atoms with Gasteiger partial charge in [-0.2, -0.15) is 0 Å². The number of hydrogen-bond acceptors (Lipinski definition) is 1. The van der Waals surface area contributed by atoms with Crippen molar-refractivity contribution >= 4 is 16.7 Å². The Morgan fingerprint density at radius 3 is 2.71 bits per heavy atom. The Morgan fingerprint density at radius 1 is 1.17 bits per heavy atom. The van der Waals surface area contributed by atoms with E-state index in [4.69, 9.17) is 0 Å². The molecule has 0 saturated heterocycles. The second-order valence-electron chi connectivity index (χ2n) is 6.30. The van der Waals surface area contributed by atoms with Crippen molar-refractivity contribution in [1.82, 2.24) is 4.57 Å². The zero-order valence-electron chi connectivity index (χ0n) is 14.1. The molecular formula is C21H22FNO. The van der Waals surface area contributed by atoms with Crippen molar-refractivity contribution in [3.8, 4) is 0 Å². The van der Waals surface area contributed by atoms with Crippen molar-refractivity contribution in [1.29, 1.82) is 0 Å². The van der Waals surface area contributed by atoms with E-state index in [-0.39, 0.29) is 11.6 Å². The largest absolute Gasteiger partial charge is 0.344 e. The van der Waals surface area contributed by atoms with Crippen molar-refractivity contribution < 1.29 is 9.18 Å². The molecule has 2 nitrogen and oxygen atoms in total. The van der Waals surface area contributed by atoms with E-state index in [0.717, 1.165) is 30.2 Å². The normalized spacial score (nSPS) is 12.5. The van der Waals surface area contributed by atoms with E-state index in [1.54, 1.807) is 12.1 Å². The maximum atomic E-state index is 13.5. The Morgan fingerprint density at radius 2 is 1.96 bits per heavy atom. The molecule has 0 spiro atoms. The van der Waals surface area contributed by atoms with Crippen LogP contribution >= 0.6 is 0 Å². The van der Waals surface area contributed by atoms with Crippen molar-refractivity contribution in [2.24, 2.45) is 0 Å². The number of aromatic nitrogens is 1. The van der Waals surface area contributed by atoms with Gasteiger partial charge in [-0.25, -0.2) is 4.39 Å². The summed E-state index contributed by atoms with van der Waals surface area (Å²) in [6, 6.07) is 14.1.